The summed E-state index contributed by atoms with van der Waals surface area (Å²) >= 11 is 0. The van der Waals surface area contributed by atoms with E-state index in [1.807, 2.05) is 18.2 Å². The zero-order valence-corrected chi connectivity index (χ0v) is 13.2. The molecule has 1 fully saturated rings. The molecule has 0 aromatic heterocycles. The molecule has 2 rings (SSSR count). The van der Waals surface area contributed by atoms with Gasteiger partial charge in [0.05, 0.1) is 19.0 Å². The van der Waals surface area contributed by atoms with Crippen molar-refractivity contribution in [1.82, 2.24) is 5.32 Å². The summed E-state index contributed by atoms with van der Waals surface area (Å²) in [6.45, 7) is 4.77. The van der Waals surface area contributed by atoms with Crippen molar-refractivity contribution in [2.75, 3.05) is 26.2 Å². The van der Waals surface area contributed by atoms with E-state index in [9.17, 15) is 9.59 Å². The van der Waals surface area contributed by atoms with Gasteiger partial charge in [0.15, 0.2) is 6.54 Å². The lowest BCUT2D eigenvalue weighted by atomic mass is 9.97. The van der Waals surface area contributed by atoms with Gasteiger partial charge in [0.1, 0.15) is 0 Å². The van der Waals surface area contributed by atoms with E-state index in [2.05, 4.69) is 24.4 Å². The molecule has 0 aliphatic carbocycles. The predicted octanol–water partition coefficient (Wildman–Crippen LogP) is -0.313. The number of amides is 2. The van der Waals surface area contributed by atoms with Gasteiger partial charge in [-0.25, -0.2) is 0 Å². The van der Waals surface area contributed by atoms with Crippen molar-refractivity contribution in [3.63, 3.8) is 0 Å². The standard InChI is InChI=1S/C17H25N3O2/c1-13(14-6-3-2-4-7-14)10-19-16(21)12-20-9-5-8-15(11-20)17(18)22/h2-4,6-7,13,15H,5,8-12H2,1H3,(H2,18,22)(H,19,21)/p+1/t13-,15-/m0/s1. The molecule has 2 amide bonds. The van der Waals surface area contributed by atoms with Gasteiger partial charge >= 0.3 is 0 Å². The summed E-state index contributed by atoms with van der Waals surface area (Å²) in [5.41, 5.74) is 6.59. The maximum atomic E-state index is 12.1. The van der Waals surface area contributed by atoms with Crippen molar-refractivity contribution in [2.45, 2.75) is 25.7 Å². The molecule has 4 N–H and O–H groups in total. The van der Waals surface area contributed by atoms with Crippen molar-refractivity contribution in [1.29, 1.82) is 0 Å². The van der Waals surface area contributed by atoms with Crippen LogP contribution in [-0.4, -0.2) is 38.0 Å². The van der Waals surface area contributed by atoms with E-state index < -0.39 is 0 Å². The lowest BCUT2D eigenvalue weighted by Gasteiger charge is -2.27. The number of nitrogens with two attached hydrogens (primary N) is 1. The minimum Gasteiger partial charge on any atom is -0.369 e. The summed E-state index contributed by atoms with van der Waals surface area (Å²) in [6.07, 6.45) is 1.81. The van der Waals surface area contributed by atoms with E-state index in [1.54, 1.807) is 0 Å². The fourth-order valence-electron chi connectivity index (χ4n) is 3.01. The average Bonchev–Trinajstić information content (AvgIpc) is 2.53. The second kappa shape index (κ2) is 7.94. The summed E-state index contributed by atoms with van der Waals surface area (Å²) in [6, 6.07) is 10.2. The number of carbonyl (C=O) groups excluding carboxylic acids is 2. The van der Waals surface area contributed by atoms with Crippen LogP contribution in [0, 0.1) is 5.92 Å². The lowest BCUT2D eigenvalue weighted by molar-refractivity contribution is -0.899. The Labute approximate surface area is 131 Å². The smallest absolute Gasteiger partial charge is 0.275 e. The highest BCUT2D eigenvalue weighted by molar-refractivity contribution is 5.77. The second-order valence-electron chi connectivity index (χ2n) is 6.24. The minimum atomic E-state index is -0.240. The van der Waals surface area contributed by atoms with Crippen LogP contribution in [0.5, 0.6) is 0 Å². The highest BCUT2D eigenvalue weighted by Gasteiger charge is 2.28. The maximum absolute atomic E-state index is 12.1. The summed E-state index contributed by atoms with van der Waals surface area (Å²) in [5, 5.41) is 3.00. The molecular formula is C17H26N3O2+. The van der Waals surface area contributed by atoms with E-state index in [4.69, 9.17) is 5.73 Å². The first-order chi connectivity index (χ1) is 10.6. The van der Waals surface area contributed by atoms with Crippen molar-refractivity contribution < 1.29 is 14.5 Å². The third-order valence-electron chi connectivity index (χ3n) is 4.40. The quantitative estimate of drug-likeness (QED) is 0.674. The largest absolute Gasteiger partial charge is 0.369 e. The van der Waals surface area contributed by atoms with Gasteiger partial charge in [-0.15, -0.1) is 0 Å². The van der Waals surface area contributed by atoms with Gasteiger partial charge in [0.25, 0.3) is 5.91 Å². The molecule has 0 radical (unpaired) electrons. The van der Waals surface area contributed by atoms with Gasteiger partial charge in [-0.2, -0.15) is 0 Å². The summed E-state index contributed by atoms with van der Waals surface area (Å²) < 4.78 is 0. The maximum Gasteiger partial charge on any atom is 0.275 e. The van der Waals surface area contributed by atoms with Crippen molar-refractivity contribution >= 4 is 11.8 Å². The second-order valence-corrected chi connectivity index (χ2v) is 6.24. The van der Waals surface area contributed by atoms with Crippen molar-refractivity contribution in [2.24, 2.45) is 11.7 Å². The number of quaternary nitrogens is 1. The average molecular weight is 304 g/mol. The van der Waals surface area contributed by atoms with E-state index >= 15 is 0 Å². The molecule has 22 heavy (non-hydrogen) atoms. The number of likely N-dealkylation sites (tertiary alicyclic amines) is 1. The van der Waals surface area contributed by atoms with Crippen LogP contribution in [0.3, 0.4) is 0 Å². The van der Waals surface area contributed by atoms with Crippen molar-refractivity contribution in [3.05, 3.63) is 35.9 Å². The zero-order valence-electron chi connectivity index (χ0n) is 13.2. The van der Waals surface area contributed by atoms with Gasteiger partial charge < -0.3 is 16.0 Å². The Kier molecular flexibility index (Phi) is 5.95. The lowest BCUT2D eigenvalue weighted by Crippen LogP contribution is -3.15. The number of carbonyl (C=O) groups is 2. The highest BCUT2D eigenvalue weighted by Crippen LogP contribution is 2.12. The predicted molar refractivity (Wildman–Crippen MR) is 85.3 cm³/mol. The molecule has 1 aromatic rings. The number of nitrogens with one attached hydrogen (secondary N) is 2. The highest BCUT2D eigenvalue weighted by atomic mass is 16.2. The summed E-state index contributed by atoms with van der Waals surface area (Å²) in [4.78, 5) is 24.5. The Morgan fingerprint density at radius 2 is 2.09 bits per heavy atom. The Morgan fingerprint density at radius 3 is 2.77 bits per heavy atom. The fourth-order valence-corrected chi connectivity index (χ4v) is 3.01. The SMILES string of the molecule is C[C@@H](CNC(=O)C[NH+]1CCC[C@H](C(N)=O)C1)c1ccccc1. The first-order valence-electron chi connectivity index (χ1n) is 8.00. The number of benzene rings is 1. The Morgan fingerprint density at radius 1 is 1.36 bits per heavy atom. The normalized spacial score (nSPS) is 22.8. The van der Waals surface area contributed by atoms with Crippen LogP contribution in [0.25, 0.3) is 0 Å². The molecular weight excluding hydrogens is 278 g/mol. The van der Waals surface area contributed by atoms with E-state index in [1.165, 1.54) is 5.56 Å². The van der Waals surface area contributed by atoms with Crippen LogP contribution in [0.1, 0.15) is 31.2 Å². The van der Waals surface area contributed by atoms with Gasteiger partial charge in [-0.3, -0.25) is 9.59 Å². The molecule has 3 atom stereocenters. The van der Waals surface area contributed by atoms with Gasteiger partial charge in [-0.05, 0) is 24.3 Å². The van der Waals surface area contributed by atoms with Crippen LogP contribution in [0.2, 0.25) is 0 Å². The zero-order chi connectivity index (χ0) is 15.9. The van der Waals surface area contributed by atoms with Crippen LogP contribution in [0.4, 0.5) is 0 Å². The van der Waals surface area contributed by atoms with E-state index in [0.717, 1.165) is 24.3 Å². The number of primary amides is 1. The van der Waals surface area contributed by atoms with Gasteiger partial charge in [0.2, 0.25) is 5.91 Å². The van der Waals surface area contributed by atoms with Gasteiger partial charge in [0, 0.05) is 6.54 Å². The number of rotatable bonds is 6. The van der Waals surface area contributed by atoms with Crippen LogP contribution < -0.4 is 16.0 Å². The molecule has 1 aliphatic rings. The molecule has 0 spiro atoms. The topological polar surface area (TPSA) is 76.6 Å². The fraction of sp³-hybridized carbons (Fsp3) is 0.529. The molecule has 1 unspecified atom stereocenters. The van der Waals surface area contributed by atoms with Crippen LogP contribution >= 0.6 is 0 Å². The molecule has 5 nitrogen and oxygen atoms in total. The number of hydrogen-bond acceptors (Lipinski definition) is 2. The van der Waals surface area contributed by atoms with E-state index in [0.29, 0.717) is 25.6 Å². The van der Waals surface area contributed by atoms with Gasteiger partial charge in [-0.1, -0.05) is 37.3 Å². The Bertz CT molecular complexity index is 504. The molecule has 0 saturated carbocycles. The number of hydrogen-bond donors (Lipinski definition) is 3. The first kappa shape index (κ1) is 16.5. The summed E-state index contributed by atoms with van der Waals surface area (Å²) in [7, 11) is 0. The Balaban J connectivity index is 1.75. The van der Waals surface area contributed by atoms with Crippen LogP contribution in [0.15, 0.2) is 30.3 Å². The minimum absolute atomic E-state index is 0.0444. The first-order valence-corrected chi connectivity index (χ1v) is 8.00. The monoisotopic (exact) mass is 304 g/mol. The van der Waals surface area contributed by atoms with Crippen molar-refractivity contribution in [3.8, 4) is 0 Å². The molecule has 5 heteroatoms. The molecule has 1 heterocycles. The molecule has 1 aromatic carbocycles. The number of piperidine rings is 1. The van der Waals surface area contributed by atoms with Crippen LogP contribution in [-0.2, 0) is 9.59 Å². The molecule has 1 saturated heterocycles. The summed E-state index contributed by atoms with van der Waals surface area (Å²) in [5.74, 6) is 0.0119. The molecule has 120 valence electrons. The van der Waals surface area contributed by atoms with E-state index in [-0.39, 0.29) is 17.7 Å². The molecule has 0 bridgehead atoms. The third-order valence-corrected chi connectivity index (χ3v) is 4.40. The third kappa shape index (κ3) is 4.84. The molecule has 1 aliphatic heterocycles. The Hall–Kier alpha value is -1.88.